The Labute approximate surface area is 192 Å². The second-order valence-corrected chi connectivity index (χ2v) is 8.25. The summed E-state index contributed by atoms with van der Waals surface area (Å²) in [5.41, 5.74) is 1.46. The molecule has 3 rings (SSSR count). The number of methoxy groups -OCH3 is 1. The number of aryl methyl sites for hydroxylation is 1. The molecule has 6 atom stereocenters. The van der Waals surface area contributed by atoms with Crippen LogP contribution in [0.2, 0.25) is 0 Å². The lowest BCUT2D eigenvalue weighted by Gasteiger charge is -2.37. The number of benzene rings is 2. The van der Waals surface area contributed by atoms with Crippen molar-refractivity contribution in [1.82, 2.24) is 5.32 Å². The molecule has 9 nitrogen and oxygen atoms in total. The summed E-state index contributed by atoms with van der Waals surface area (Å²) in [5, 5.41) is 53.0. The van der Waals surface area contributed by atoms with Crippen LogP contribution in [0, 0.1) is 0 Å². The summed E-state index contributed by atoms with van der Waals surface area (Å²) in [6, 6.07) is 12.4. The number of aliphatic hydroxyl groups is 3. The number of carboxylic acid groups (broad SMARTS) is 1. The van der Waals surface area contributed by atoms with Gasteiger partial charge in [0.05, 0.1) is 19.8 Å². The Morgan fingerprint density at radius 3 is 2.55 bits per heavy atom. The first-order valence-corrected chi connectivity index (χ1v) is 10.9. The van der Waals surface area contributed by atoms with E-state index in [1.54, 1.807) is 42.5 Å². The van der Waals surface area contributed by atoms with Crippen LogP contribution in [0.5, 0.6) is 11.5 Å². The Balaban J connectivity index is 1.78. The molecule has 0 spiro atoms. The zero-order chi connectivity index (χ0) is 24.0. The fraction of sp³-hybridized carbons (Fsp3) is 0.458. The second kappa shape index (κ2) is 11.4. The van der Waals surface area contributed by atoms with Gasteiger partial charge < -0.3 is 35.0 Å². The SMILES string of the molecule is COc1cc(CCC(CC2OC[C@@H](O)[C@H](O)[C@@H]2O)NC(C(=O)O)c2ccccc2)ccc1O. The minimum Gasteiger partial charge on any atom is -0.504 e. The molecule has 0 amide bonds. The van der Waals surface area contributed by atoms with Crippen LogP contribution in [0.15, 0.2) is 48.5 Å². The molecule has 1 fully saturated rings. The summed E-state index contributed by atoms with van der Waals surface area (Å²) < 4.78 is 10.7. The molecule has 0 radical (unpaired) electrons. The molecule has 180 valence electrons. The van der Waals surface area contributed by atoms with Crippen molar-refractivity contribution < 1.29 is 39.8 Å². The summed E-state index contributed by atoms with van der Waals surface area (Å²) in [5.74, 6) is -0.678. The third-order valence-electron chi connectivity index (χ3n) is 5.93. The molecular formula is C24H31NO8. The molecule has 1 aliphatic heterocycles. The van der Waals surface area contributed by atoms with Gasteiger partial charge in [0.2, 0.25) is 0 Å². The molecule has 0 aromatic heterocycles. The first-order chi connectivity index (χ1) is 15.8. The zero-order valence-electron chi connectivity index (χ0n) is 18.4. The number of rotatable bonds is 10. The van der Waals surface area contributed by atoms with Gasteiger partial charge in [0.25, 0.3) is 0 Å². The molecular weight excluding hydrogens is 430 g/mol. The minimum absolute atomic E-state index is 0.0252. The highest BCUT2D eigenvalue weighted by molar-refractivity contribution is 5.75. The molecule has 9 heteroatoms. The Bertz CT molecular complexity index is 909. The lowest BCUT2D eigenvalue weighted by atomic mass is 9.92. The van der Waals surface area contributed by atoms with Crippen LogP contribution < -0.4 is 10.1 Å². The van der Waals surface area contributed by atoms with Crippen LogP contribution in [0.1, 0.15) is 30.0 Å². The molecule has 1 saturated heterocycles. The highest BCUT2D eigenvalue weighted by Gasteiger charge is 2.39. The maximum atomic E-state index is 12.0. The van der Waals surface area contributed by atoms with E-state index in [1.807, 2.05) is 0 Å². The third kappa shape index (κ3) is 6.43. The van der Waals surface area contributed by atoms with Crippen LogP contribution in [0.25, 0.3) is 0 Å². The number of hydrogen-bond acceptors (Lipinski definition) is 8. The van der Waals surface area contributed by atoms with Crippen LogP contribution in [0.4, 0.5) is 0 Å². The van der Waals surface area contributed by atoms with Crippen LogP contribution in [-0.4, -0.2) is 75.7 Å². The maximum Gasteiger partial charge on any atom is 0.325 e. The number of ether oxygens (including phenoxy) is 2. The molecule has 33 heavy (non-hydrogen) atoms. The van der Waals surface area contributed by atoms with Gasteiger partial charge in [0.15, 0.2) is 11.5 Å². The van der Waals surface area contributed by atoms with Gasteiger partial charge in [-0.15, -0.1) is 0 Å². The number of phenolic OH excluding ortho intramolecular Hbond substituents is 1. The molecule has 3 unspecified atom stereocenters. The average Bonchev–Trinajstić information content (AvgIpc) is 2.82. The van der Waals surface area contributed by atoms with E-state index >= 15 is 0 Å². The largest absolute Gasteiger partial charge is 0.504 e. The second-order valence-electron chi connectivity index (χ2n) is 8.25. The van der Waals surface area contributed by atoms with E-state index in [4.69, 9.17) is 9.47 Å². The fourth-order valence-corrected chi connectivity index (χ4v) is 4.03. The summed E-state index contributed by atoms with van der Waals surface area (Å²) in [6.07, 6.45) is -3.36. The summed E-state index contributed by atoms with van der Waals surface area (Å²) in [4.78, 5) is 12.0. The molecule has 0 bridgehead atoms. The number of aliphatic hydroxyl groups excluding tert-OH is 3. The number of aliphatic carboxylic acids is 1. The number of aromatic hydroxyl groups is 1. The number of nitrogens with one attached hydrogen (secondary N) is 1. The Kier molecular flexibility index (Phi) is 8.65. The van der Waals surface area contributed by atoms with Crippen molar-refractivity contribution >= 4 is 5.97 Å². The van der Waals surface area contributed by atoms with Crippen LogP contribution >= 0.6 is 0 Å². The van der Waals surface area contributed by atoms with Gasteiger partial charge in [-0.3, -0.25) is 10.1 Å². The van der Waals surface area contributed by atoms with E-state index in [0.717, 1.165) is 5.56 Å². The van der Waals surface area contributed by atoms with Gasteiger partial charge in [-0.05, 0) is 42.5 Å². The lowest BCUT2D eigenvalue weighted by molar-refractivity contribution is -0.189. The lowest BCUT2D eigenvalue weighted by Crippen LogP contribution is -2.54. The monoisotopic (exact) mass is 461 g/mol. The summed E-state index contributed by atoms with van der Waals surface area (Å²) in [7, 11) is 1.46. The summed E-state index contributed by atoms with van der Waals surface area (Å²) in [6.45, 7) is -0.119. The molecule has 2 aromatic rings. The molecule has 1 aliphatic rings. The Morgan fingerprint density at radius 2 is 1.88 bits per heavy atom. The number of phenols is 1. The number of carboxylic acids is 1. The number of hydrogen-bond donors (Lipinski definition) is 6. The first kappa shape index (κ1) is 24.9. The topological polar surface area (TPSA) is 149 Å². The Morgan fingerprint density at radius 1 is 1.15 bits per heavy atom. The molecule has 1 heterocycles. The van der Waals surface area contributed by atoms with Crippen LogP contribution in [-0.2, 0) is 16.0 Å². The zero-order valence-corrected chi connectivity index (χ0v) is 18.4. The summed E-state index contributed by atoms with van der Waals surface area (Å²) >= 11 is 0. The van der Waals surface area contributed by atoms with Crippen molar-refractivity contribution in [3.8, 4) is 11.5 Å². The average molecular weight is 462 g/mol. The highest BCUT2D eigenvalue weighted by atomic mass is 16.5. The third-order valence-corrected chi connectivity index (χ3v) is 5.93. The fourth-order valence-electron chi connectivity index (χ4n) is 4.03. The normalized spacial score (nSPS) is 24.7. The van der Waals surface area contributed by atoms with E-state index in [9.17, 15) is 30.3 Å². The molecule has 0 saturated carbocycles. The molecule has 0 aliphatic carbocycles. The smallest absolute Gasteiger partial charge is 0.325 e. The van der Waals surface area contributed by atoms with Gasteiger partial charge >= 0.3 is 5.97 Å². The van der Waals surface area contributed by atoms with Gasteiger partial charge in [0.1, 0.15) is 24.4 Å². The van der Waals surface area contributed by atoms with Crippen molar-refractivity contribution in [2.75, 3.05) is 13.7 Å². The molecule has 2 aromatic carbocycles. The van der Waals surface area contributed by atoms with E-state index < -0.39 is 42.5 Å². The van der Waals surface area contributed by atoms with Gasteiger partial charge in [0, 0.05) is 6.04 Å². The quantitative estimate of drug-likeness (QED) is 0.305. The van der Waals surface area contributed by atoms with Gasteiger partial charge in [-0.2, -0.15) is 0 Å². The first-order valence-electron chi connectivity index (χ1n) is 10.9. The van der Waals surface area contributed by atoms with Crippen molar-refractivity contribution in [2.24, 2.45) is 0 Å². The van der Waals surface area contributed by atoms with E-state index in [-0.39, 0.29) is 18.8 Å². The van der Waals surface area contributed by atoms with E-state index in [0.29, 0.717) is 24.2 Å². The van der Waals surface area contributed by atoms with Crippen LogP contribution in [0.3, 0.4) is 0 Å². The predicted molar refractivity (Wildman–Crippen MR) is 119 cm³/mol. The predicted octanol–water partition coefficient (Wildman–Crippen LogP) is 0.989. The highest BCUT2D eigenvalue weighted by Crippen LogP contribution is 2.28. The van der Waals surface area contributed by atoms with E-state index in [2.05, 4.69) is 5.32 Å². The minimum atomic E-state index is -1.34. The van der Waals surface area contributed by atoms with Gasteiger partial charge in [-0.1, -0.05) is 36.4 Å². The van der Waals surface area contributed by atoms with E-state index in [1.165, 1.54) is 13.2 Å². The van der Waals surface area contributed by atoms with Crippen molar-refractivity contribution in [1.29, 1.82) is 0 Å². The maximum absolute atomic E-state index is 12.0. The van der Waals surface area contributed by atoms with Crippen molar-refractivity contribution in [3.63, 3.8) is 0 Å². The Hall–Kier alpha value is -2.69. The van der Waals surface area contributed by atoms with Crippen molar-refractivity contribution in [3.05, 3.63) is 59.7 Å². The molecule has 6 N–H and O–H groups in total. The van der Waals surface area contributed by atoms with Gasteiger partial charge in [-0.25, -0.2) is 0 Å². The standard InChI is InChI=1S/C24H31NO8/c1-32-19-11-14(8-10-17(19)26)7-9-16(12-20-23(29)22(28)18(27)13-33-20)25-21(24(30)31)15-5-3-2-4-6-15/h2-6,8,10-11,16,18,20-23,25-29H,7,9,12-13H2,1H3,(H,30,31)/t16?,18-,20?,21?,22+,23-/m1/s1. The van der Waals surface area contributed by atoms with Crippen molar-refractivity contribution in [2.45, 2.75) is 55.8 Å². The number of carbonyl (C=O) groups is 1.